The fraction of sp³-hybridized carbons (Fsp3) is 0.750. The van der Waals surface area contributed by atoms with Crippen molar-refractivity contribution in [1.82, 2.24) is 5.32 Å². The van der Waals surface area contributed by atoms with Gasteiger partial charge in [0.05, 0.1) is 0 Å². The molecule has 0 heterocycles. The molecule has 0 rings (SSSR count). The summed E-state index contributed by atoms with van der Waals surface area (Å²) in [6.45, 7) is 2.46. The van der Waals surface area contributed by atoms with Crippen molar-refractivity contribution < 1.29 is 61.9 Å². The van der Waals surface area contributed by atoms with Crippen molar-refractivity contribution in [3.63, 3.8) is 0 Å². The van der Waals surface area contributed by atoms with E-state index in [2.05, 4.69) is 6.58 Å². The Balaban J connectivity index is 5.80. The van der Waals surface area contributed by atoms with Gasteiger partial charge >= 0.3 is 35.8 Å². The summed E-state index contributed by atoms with van der Waals surface area (Å²) in [4.78, 5) is 10.9. The minimum Gasteiger partial charge on any atom is -0.352 e. The van der Waals surface area contributed by atoms with E-state index in [0.29, 0.717) is 0 Å². The van der Waals surface area contributed by atoms with E-state index in [1.54, 1.807) is 0 Å². The average Bonchev–Trinajstić information content (AvgIpc) is 2.44. The van der Waals surface area contributed by atoms with Crippen LogP contribution in [0.5, 0.6) is 0 Å². The van der Waals surface area contributed by atoms with Crippen molar-refractivity contribution in [2.75, 3.05) is 6.54 Å². The summed E-state index contributed by atoms with van der Waals surface area (Å²) < 4.78 is 166. The molecule has 0 aliphatic heterocycles. The Morgan fingerprint density at radius 1 is 0.741 bits per heavy atom. The van der Waals surface area contributed by atoms with E-state index in [1.807, 2.05) is 0 Å². The first-order chi connectivity index (χ1) is 11.6. The lowest BCUT2D eigenvalue weighted by Crippen LogP contribution is -2.70. The molecule has 0 aromatic carbocycles. The van der Waals surface area contributed by atoms with Crippen LogP contribution in [0.15, 0.2) is 12.2 Å². The summed E-state index contributed by atoms with van der Waals surface area (Å²) in [5.41, 5.74) is -0.355. The van der Waals surface area contributed by atoms with E-state index in [1.165, 1.54) is 5.32 Å². The lowest BCUT2D eigenvalue weighted by atomic mass is 9.92. The minimum atomic E-state index is -7.92. The smallest absolute Gasteiger partial charge is 0.352 e. The molecule has 0 bridgehead atoms. The zero-order valence-electron chi connectivity index (χ0n) is 12.9. The molecule has 160 valence electrons. The van der Waals surface area contributed by atoms with Crippen LogP contribution in [-0.2, 0) is 4.79 Å². The Hall–Kier alpha value is -1.70. The van der Waals surface area contributed by atoms with Crippen LogP contribution in [0.25, 0.3) is 0 Å². The largest absolute Gasteiger partial charge is 0.460 e. The average molecular weight is 431 g/mol. The molecule has 27 heavy (non-hydrogen) atoms. The molecular formula is C12H10F13NO. The van der Waals surface area contributed by atoms with Gasteiger partial charge in [-0.1, -0.05) is 6.58 Å². The third kappa shape index (κ3) is 4.10. The van der Waals surface area contributed by atoms with Crippen molar-refractivity contribution in [1.29, 1.82) is 0 Å². The van der Waals surface area contributed by atoms with Crippen LogP contribution in [0.4, 0.5) is 57.1 Å². The lowest BCUT2D eigenvalue weighted by Gasteiger charge is -2.39. The highest BCUT2D eigenvalue weighted by molar-refractivity contribution is 5.92. The molecule has 0 fully saturated rings. The van der Waals surface area contributed by atoms with Crippen molar-refractivity contribution in [3.05, 3.63) is 12.2 Å². The van der Waals surface area contributed by atoms with Crippen LogP contribution in [0.1, 0.15) is 13.3 Å². The topological polar surface area (TPSA) is 29.1 Å². The third-order valence-corrected chi connectivity index (χ3v) is 3.11. The number of nitrogens with one attached hydrogen (secondary N) is 1. The summed E-state index contributed by atoms with van der Waals surface area (Å²) in [5.74, 6) is -38.3. The Morgan fingerprint density at radius 3 is 1.44 bits per heavy atom. The van der Waals surface area contributed by atoms with E-state index < -0.39 is 54.7 Å². The maximum atomic E-state index is 13.3. The zero-order valence-corrected chi connectivity index (χ0v) is 12.9. The molecule has 0 atom stereocenters. The monoisotopic (exact) mass is 431 g/mol. The number of hydrogen-bond donors (Lipinski definition) is 1. The van der Waals surface area contributed by atoms with Crippen LogP contribution in [0, 0.1) is 0 Å². The number of alkyl halides is 13. The third-order valence-electron chi connectivity index (χ3n) is 3.11. The molecule has 1 amide bonds. The first-order valence-electron chi connectivity index (χ1n) is 6.47. The summed E-state index contributed by atoms with van der Waals surface area (Å²) in [6, 6.07) is 0. The molecule has 1 N–H and O–H groups in total. The van der Waals surface area contributed by atoms with Gasteiger partial charge in [-0.25, -0.2) is 0 Å². The van der Waals surface area contributed by atoms with Gasteiger partial charge in [0.1, 0.15) is 0 Å². The predicted molar refractivity (Wildman–Crippen MR) is 63.2 cm³/mol. The van der Waals surface area contributed by atoms with E-state index in [9.17, 15) is 61.9 Å². The predicted octanol–water partition coefficient (Wildman–Crippen LogP) is 4.81. The summed E-state index contributed by atoms with van der Waals surface area (Å²) in [7, 11) is 0. The first-order valence-corrected chi connectivity index (χ1v) is 6.47. The summed E-state index contributed by atoms with van der Waals surface area (Å²) in [6.07, 6.45) is -9.93. The highest BCUT2D eigenvalue weighted by Crippen LogP contribution is 2.60. The Morgan fingerprint density at radius 2 is 1.11 bits per heavy atom. The maximum absolute atomic E-state index is 13.3. The molecule has 0 aliphatic rings. The molecular weight excluding hydrogens is 421 g/mol. The number of halogens is 13. The van der Waals surface area contributed by atoms with Crippen LogP contribution >= 0.6 is 0 Å². The summed E-state index contributed by atoms with van der Waals surface area (Å²) >= 11 is 0. The molecule has 0 saturated carbocycles. The standard InChI is InChI=1S/C12H10F13NO/c1-5(2)6(27)26-4-3-7(13,14)8(15,16)9(17,18)10(19,20)11(21,22)12(23,24)25/h1,3-4H2,2H3,(H,26,27). The van der Waals surface area contributed by atoms with Crippen LogP contribution in [0.2, 0.25) is 0 Å². The molecule has 0 spiro atoms. The van der Waals surface area contributed by atoms with Crippen molar-refractivity contribution in [2.45, 2.75) is 49.1 Å². The van der Waals surface area contributed by atoms with Gasteiger partial charge in [-0.15, -0.1) is 0 Å². The van der Waals surface area contributed by atoms with Gasteiger partial charge in [-0.2, -0.15) is 57.1 Å². The molecule has 2 nitrogen and oxygen atoms in total. The van der Waals surface area contributed by atoms with E-state index in [-0.39, 0.29) is 5.57 Å². The maximum Gasteiger partial charge on any atom is 0.460 e. The molecule has 0 aromatic heterocycles. The van der Waals surface area contributed by atoms with Crippen LogP contribution in [0.3, 0.4) is 0 Å². The summed E-state index contributed by atoms with van der Waals surface area (Å²) in [5, 5.41) is 1.44. The number of amides is 1. The second kappa shape index (κ2) is 7.04. The molecule has 15 heteroatoms. The second-order valence-corrected chi connectivity index (χ2v) is 5.29. The van der Waals surface area contributed by atoms with Gasteiger partial charge in [-0.05, 0) is 6.92 Å². The van der Waals surface area contributed by atoms with Crippen molar-refractivity contribution >= 4 is 5.91 Å². The Labute approximate surface area is 142 Å². The minimum absolute atomic E-state index is 0.355. The molecule has 0 radical (unpaired) electrons. The van der Waals surface area contributed by atoms with Crippen molar-refractivity contribution in [3.8, 4) is 0 Å². The normalized spacial score (nSPS) is 14.9. The van der Waals surface area contributed by atoms with Gasteiger partial charge in [-0.3, -0.25) is 4.79 Å². The second-order valence-electron chi connectivity index (χ2n) is 5.29. The van der Waals surface area contributed by atoms with Gasteiger partial charge in [0.25, 0.3) is 0 Å². The van der Waals surface area contributed by atoms with Gasteiger partial charge in [0.2, 0.25) is 5.91 Å². The quantitative estimate of drug-likeness (QED) is 0.434. The molecule has 0 saturated heterocycles. The highest BCUT2D eigenvalue weighted by atomic mass is 19.4. The van der Waals surface area contributed by atoms with Gasteiger partial charge < -0.3 is 5.32 Å². The van der Waals surface area contributed by atoms with E-state index in [4.69, 9.17) is 0 Å². The van der Waals surface area contributed by atoms with Crippen LogP contribution < -0.4 is 5.32 Å². The van der Waals surface area contributed by atoms with Gasteiger partial charge in [0, 0.05) is 18.5 Å². The number of carbonyl (C=O) groups is 1. The highest BCUT2D eigenvalue weighted by Gasteiger charge is 2.90. The number of carbonyl (C=O) groups excluding carboxylic acids is 1. The van der Waals surface area contributed by atoms with Crippen LogP contribution in [-0.4, -0.2) is 48.2 Å². The van der Waals surface area contributed by atoms with Crippen molar-refractivity contribution in [2.24, 2.45) is 0 Å². The molecule has 0 aliphatic carbocycles. The Kier molecular flexibility index (Phi) is 6.59. The van der Waals surface area contributed by atoms with Gasteiger partial charge in [0.15, 0.2) is 0 Å². The SMILES string of the molecule is C=C(C)C(=O)NCCC(F)(F)C(F)(F)C(F)(F)C(F)(F)C(F)(F)C(F)(F)F. The lowest BCUT2D eigenvalue weighted by molar-refractivity contribution is -0.440. The number of rotatable bonds is 8. The number of hydrogen-bond acceptors (Lipinski definition) is 1. The first kappa shape index (κ1) is 25.3. The Bertz CT molecular complexity index is 578. The fourth-order valence-electron chi connectivity index (χ4n) is 1.44. The van der Waals surface area contributed by atoms with E-state index in [0.717, 1.165) is 6.92 Å². The zero-order chi connectivity index (χ0) is 22.3. The molecule has 0 aromatic rings. The fourth-order valence-corrected chi connectivity index (χ4v) is 1.44. The van der Waals surface area contributed by atoms with E-state index >= 15 is 0 Å². The molecule has 0 unspecified atom stereocenters.